The number of carbonyl (C=O) groups excluding carboxylic acids is 1. The number of hydrogen-bond acceptors (Lipinski definition) is 7. The summed E-state index contributed by atoms with van der Waals surface area (Å²) < 4.78 is 21.2. The van der Waals surface area contributed by atoms with Crippen LogP contribution in [0.5, 0.6) is 11.5 Å². The second-order valence-corrected chi connectivity index (χ2v) is 5.23. The Bertz CT molecular complexity index is 804. The van der Waals surface area contributed by atoms with Crippen molar-refractivity contribution in [2.75, 3.05) is 13.4 Å². The molecule has 1 aromatic rings. The van der Waals surface area contributed by atoms with Crippen LogP contribution in [-0.4, -0.2) is 19.4 Å². The minimum atomic E-state index is -0.683. The predicted octanol–water partition coefficient (Wildman–Crippen LogP) is 2.06. The lowest BCUT2D eigenvalue weighted by molar-refractivity contribution is -0.139. The van der Waals surface area contributed by atoms with Crippen LogP contribution in [0, 0.1) is 11.3 Å². The maximum Gasteiger partial charge on any atom is 0.338 e. The topological polar surface area (TPSA) is 104 Å². The van der Waals surface area contributed by atoms with Crippen molar-refractivity contribution in [3.8, 4) is 17.6 Å². The molecule has 0 fully saturated rings. The first-order valence-corrected chi connectivity index (χ1v) is 7.41. The van der Waals surface area contributed by atoms with E-state index in [4.69, 9.17) is 24.7 Å². The van der Waals surface area contributed by atoms with Crippen LogP contribution in [0.25, 0.3) is 0 Å². The smallest absolute Gasteiger partial charge is 0.338 e. The second-order valence-electron chi connectivity index (χ2n) is 5.23. The predicted molar refractivity (Wildman–Crippen MR) is 82.6 cm³/mol. The van der Waals surface area contributed by atoms with Gasteiger partial charge >= 0.3 is 5.97 Å². The molecule has 0 aliphatic carbocycles. The molecule has 24 heavy (non-hydrogen) atoms. The van der Waals surface area contributed by atoms with Crippen molar-refractivity contribution in [3.63, 3.8) is 0 Å². The van der Waals surface area contributed by atoms with Gasteiger partial charge in [0, 0.05) is 0 Å². The average Bonchev–Trinajstić information content (AvgIpc) is 3.01. The number of nitrogens with zero attached hydrogens (tertiary/aromatic N) is 1. The third-order valence-corrected chi connectivity index (χ3v) is 3.83. The first kappa shape index (κ1) is 15.7. The lowest BCUT2D eigenvalue weighted by Crippen LogP contribution is -2.25. The Labute approximate surface area is 138 Å². The Morgan fingerprint density at radius 3 is 2.88 bits per heavy atom. The van der Waals surface area contributed by atoms with Gasteiger partial charge in [-0.1, -0.05) is 6.07 Å². The number of esters is 1. The Balaban J connectivity index is 2.13. The molecule has 0 bridgehead atoms. The highest BCUT2D eigenvalue weighted by Gasteiger charge is 2.36. The maximum atomic E-state index is 12.4. The van der Waals surface area contributed by atoms with E-state index in [0.717, 1.165) is 0 Å². The van der Waals surface area contributed by atoms with Gasteiger partial charge in [-0.2, -0.15) is 5.26 Å². The summed E-state index contributed by atoms with van der Waals surface area (Å²) in [5.74, 6) is 0.226. The second kappa shape index (κ2) is 6.16. The molecule has 2 heterocycles. The van der Waals surface area contributed by atoms with E-state index in [0.29, 0.717) is 22.8 Å². The fourth-order valence-corrected chi connectivity index (χ4v) is 2.78. The quantitative estimate of drug-likeness (QED) is 0.847. The van der Waals surface area contributed by atoms with Crippen molar-refractivity contribution in [2.45, 2.75) is 19.8 Å². The van der Waals surface area contributed by atoms with Crippen molar-refractivity contribution < 1.29 is 23.7 Å². The molecule has 124 valence electrons. The zero-order chi connectivity index (χ0) is 17.3. The lowest BCUT2D eigenvalue weighted by atomic mass is 9.83. The summed E-state index contributed by atoms with van der Waals surface area (Å²) in [7, 11) is 0. The van der Waals surface area contributed by atoms with Crippen LogP contribution in [0.4, 0.5) is 0 Å². The largest absolute Gasteiger partial charge is 0.463 e. The third-order valence-electron chi connectivity index (χ3n) is 3.83. The highest BCUT2D eigenvalue weighted by molar-refractivity contribution is 5.92. The van der Waals surface area contributed by atoms with Gasteiger partial charge in [0.2, 0.25) is 12.7 Å². The summed E-state index contributed by atoms with van der Waals surface area (Å²) in [6, 6.07) is 7.26. The van der Waals surface area contributed by atoms with Gasteiger partial charge in [-0.15, -0.1) is 0 Å². The molecule has 3 rings (SSSR count). The van der Waals surface area contributed by atoms with Crippen molar-refractivity contribution in [1.82, 2.24) is 0 Å². The van der Waals surface area contributed by atoms with E-state index in [1.807, 2.05) is 6.07 Å². The highest BCUT2D eigenvalue weighted by atomic mass is 16.7. The molecule has 0 saturated carbocycles. The number of carbonyl (C=O) groups is 1. The van der Waals surface area contributed by atoms with Crippen LogP contribution in [0.1, 0.15) is 25.3 Å². The SMILES string of the molecule is CCOC(=O)C1=C(C)OC(N)=C(C#N)[C@H]1c1ccc2c(c1)OCO2. The van der Waals surface area contributed by atoms with Gasteiger partial charge in [-0.05, 0) is 31.5 Å². The number of rotatable bonds is 3. The van der Waals surface area contributed by atoms with E-state index in [-0.39, 0.29) is 30.4 Å². The monoisotopic (exact) mass is 328 g/mol. The molecule has 0 spiro atoms. The number of hydrogen-bond donors (Lipinski definition) is 1. The molecule has 2 N–H and O–H groups in total. The first-order chi connectivity index (χ1) is 11.6. The molecular weight excluding hydrogens is 312 g/mol. The summed E-state index contributed by atoms with van der Waals surface area (Å²) in [5.41, 5.74) is 6.93. The highest BCUT2D eigenvalue weighted by Crippen LogP contribution is 2.43. The van der Waals surface area contributed by atoms with Gasteiger partial charge in [0.25, 0.3) is 0 Å². The summed E-state index contributed by atoms with van der Waals surface area (Å²) >= 11 is 0. The van der Waals surface area contributed by atoms with E-state index in [2.05, 4.69) is 0 Å². The molecule has 2 aliphatic rings. The summed E-state index contributed by atoms with van der Waals surface area (Å²) in [6.45, 7) is 3.68. The molecule has 0 amide bonds. The van der Waals surface area contributed by atoms with Crippen LogP contribution >= 0.6 is 0 Å². The molecule has 0 radical (unpaired) electrons. The van der Waals surface area contributed by atoms with Gasteiger partial charge in [0.1, 0.15) is 17.4 Å². The first-order valence-electron chi connectivity index (χ1n) is 7.41. The summed E-state index contributed by atoms with van der Waals surface area (Å²) in [5, 5.41) is 9.50. The Kier molecular flexibility index (Phi) is 4.04. The van der Waals surface area contributed by atoms with Crippen LogP contribution < -0.4 is 15.2 Å². The van der Waals surface area contributed by atoms with E-state index in [9.17, 15) is 10.1 Å². The fraction of sp³-hybridized carbons (Fsp3) is 0.294. The maximum absolute atomic E-state index is 12.4. The molecule has 0 aromatic heterocycles. The van der Waals surface area contributed by atoms with E-state index in [1.165, 1.54) is 0 Å². The van der Waals surface area contributed by atoms with E-state index >= 15 is 0 Å². The minimum absolute atomic E-state index is 0.0225. The number of benzene rings is 1. The van der Waals surface area contributed by atoms with Gasteiger partial charge in [0.05, 0.1) is 18.1 Å². The fourth-order valence-electron chi connectivity index (χ4n) is 2.78. The summed E-state index contributed by atoms with van der Waals surface area (Å²) in [4.78, 5) is 12.4. The van der Waals surface area contributed by atoms with Crippen LogP contribution in [-0.2, 0) is 14.3 Å². The van der Waals surface area contributed by atoms with E-state index < -0.39 is 11.9 Å². The van der Waals surface area contributed by atoms with Gasteiger partial charge < -0.3 is 24.7 Å². The molecule has 7 heteroatoms. The Hall–Kier alpha value is -3.14. The van der Waals surface area contributed by atoms with Gasteiger partial charge in [-0.3, -0.25) is 0 Å². The molecule has 7 nitrogen and oxygen atoms in total. The van der Waals surface area contributed by atoms with Crippen molar-refractivity contribution in [3.05, 3.63) is 46.6 Å². The minimum Gasteiger partial charge on any atom is -0.463 e. The molecule has 1 aromatic carbocycles. The average molecular weight is 328 g/mol. The standard InChI is InChI=1S/C17H16N2O5/c1-3-21-17(20)14-9(2)24-16(19)11(7-18)15(14)10-4-5-12-13(6-10)23-8-22-12/h4-6,15H,3,8,19H2,1-2H3/t15-/m1/s1. The lowest BCUT2D eigenvalue weighted by Gasteiger charge is -2.26. The Morgan fingerprint density at radius 2 is 2.17 bits per heavy atom. The normalized spacial score (nSPS) is 19.0. The zero-order valence-electron chi connectivity index (χ0n) is 13.3. The molecule has 0 unspecified atom stereocenters. The molecule has 0 saturated heterocycles. The zero-order valence-corrected chi connectivity index (χ0v) is 13.3. The van der Waals surface area contributed by atoms with Crippen LogP contribution in [0.2, 0.25) is 0 Å². The van der Waals surface area contributed by atoms with Gasteiger partial charge in [-0.25, -0.2) is 4.79 Å². The summed E-state index contributed by atoms with van der Waals surface area (Å²) in [6.07, 6.45) is 0. The number of nitrogens with two attached hydrogens (primary N) is 1. The van der Waals surface area contributed by atoms with Crippen molar-refractivity contribution >= 4 is 5.97 Å². The number of ether oxygens (including phenoxy) is 4. The number of nitriles is 1. The van der Waals surface area contributed by atoms with E-state index in [1.54, 1.807) is 32.0 Å². The van der Waals surface area contributed by atoms with Crippen molar-refractivity contribution in [2.24, 2.45) is 5.73 Å². The number of allylic oxidation sites excluding steroid dienone is 2. The molecular formula is C17H16N2O5. The molecule has 2 aliphatic heterocycles. The third kappa shape index (κ3) is 2.52. The Morgan fingerprint density at radius 1 is 1.42 bits per heavy atom. The number of fused-ring (bicyclic) bond motifs is 1. The molecule has 1 atom stereocenters. The van der Waals surface area contributed by atoms with Crippen LogP contribution in [0.3, 0.4) is 0 Å². The van der Waals surface area contributed by atoms with Crippen LogP contribution in [0.15, 0.2) is 41.0 Å². The van der Waals surface area contributed by atoms with Gasteiger partial charge in [0.15, 0.2) is 11.5 Å². The van der Waals surface area contributed by atoms with Crippen molar-refractivity contribution in [1.29, 1.82) is 5.26 Å².